The van der Waals surface area contributed by atoms with Crippen molar-refractivity contribution in [2.24, 2.45) is 10.4 Å². The van der Waals surface area contributed by atoms with Crippen LogP contribution in [0.15, 0.2) is 29.4 Å². The Morgan fingerprint density at radius 3 is 2.93 bits per heavy atom. The van der Waals surface area contributed by atoms with Crippen molar-refractivity contribution in [3.63, 3.8) is 0 Å². The second-order valence-electron chi connectivity index (χ2n) is 7.39. The van der Waals surface area contributed by atoms with E-state index in [4.69, 9.17) is 4.74 Å². The van der Waals surface area contributed by atoms with Crippen LogP contribution in [0.2, 0.25) is 0 Å². The van der Waals surface area contributed by atoms with Crippen molar-refractivity contribution in [2.45, 2.75) is 32.6 Å². The number of aromatic amines is 1. The van der Waals surface area contributed by atoms with Gasteiger partial charge in [0.1, 0.15) is 0 Å². The minimum Gasteiger partial charge on any atom is -0.396 e. The molecule has 1 saturated heterocycles. The number of rotatable bonds is 8. The quantitative estimate of drug-likeness (QED) is 0.423. The van der Waals surface area contributed by atoms with E-state index < -0.39 is 0 Å². The van der Waals surface area contributed by atoms with E-state index in [0.717, 1.165) is 51.3 Å². The zero-order valence-corrected chi connectivity index (χ0v) is 16.5. The largest absolute Gasteiger partial charge is 0.396 e. The molecule has 1 aromatic carbocycles. The van der Waals surface area contributed by atoms with Crippen LogP contribution in [0.5, 0.6) is 0 Å². The summed E-state index contributed by atoms with van der Waals surface area (Å²) in [5.41, 5.74) is 3.95. The van der Waals surface area contributed by atoms with Gasteiger partial charge in [0.05, 0.1) is 6.61 Å². The van der Waals surface area contributed by atoms with Crippen molar-refractivity contribution in [3.8, 4) is 0 Å². The molecule has 1 aliphatic heterocycles. The number of guanidine groups is 1. The minimum absolute atomic E-state index is 0.0137. The number of benzene rings is 1. The molecule has 148 valence electrons. The summed E-state index contributed by atoms with van der Waals surface area (Å²) >= 11 is 0. The average molecular weight is 373 g/mol. The van der Waals surface area contributed by atoms with Crippen LogP contribution in [0.4, 0.5) is 0 Å². The standard InChI is InChI=1S/C21H32N4O2/c1-3-16-5-4-6-18-17(13-24-19(16)18)7-10-23-20(22-2)25-14-21(8-11-26)9-12-27-15-21/h4-6,13,24,26H,3,7-12,14-15H2,1-2H3,(H2,22,23,25). The molecule has 0 bridgehead atoms. The number of nitrogens with one attached hydrogen (secondary N) is 3. The molecule has 1 aliphatic rings. The Balaban J connectivity index is 1.53. The molecule has 27 heavy (non-hydrogen) atoms. The summed E-state index contributed by atoms with van der Waals surface area (Å²) in [5.74, 6) is 0.799. The van der Waals surface area contributed by atoms with Crippen LogP contribution < -0.4 is 10.6 Å². The number of aliphatic imine (C=N–C) groups is 1. The molecule has 1 atom stereocenters. The van der Waals surface area contributed by atoms with Crippen molar-refractivity contribution < 1.29 is 9.84 Å². The second-order valence-corrected chi connectivity index (χ2v) is 7.39. The fourth-order valence-electron chi connectivity index (χ4n) is 3.90. The van der Waals surface area contributed by atoms with E-state index in [1.807, 2.05) is 0 Å². The highest BCUT2D eigenvalue weighted by Gasteiger charge is 2.34. The number of aliphatic hydroxyl groups is 1. The number of hydrogen-bond donors (Lipinski definition) is 4. The van der Waals surface area contributed by atoms with Crippen LogP contribution in [0, 0.1) is 5.41 Å². The second kappa shape index (κ2) is 9.24. The molecular weight excluding hydrogens is 340 g/mol. The molecule has 0 saturated carbocycles. The molecular formula is C21H32N4O2. The molecule has 0 amide bonds. The zero-order chi connectivity index (χ0) is 19.1. The Morgan fingerprint density at radius 2 is 2.22 bits per heavy atom. The third kappa shape index (κ3) is 4.62. The summed E-state index contributed by atoms with van der Waals surface area (Å²) in [5, 5.41) is 17.5. The number of aliphatic hydroxyl groups excluding tert-OH is 1. The molecule has 6 nitrogen and oxygen atoms in total. The topological polar surface area (TPSA) is 81.7 Å². The van der Waals surface area contributed by atoms with Crippen LogP contribution in [-0.2, 0) is 17.6 Å². The SMILES string of the molecule is CCc1cccc2c(CCNC(=NC)NCC3(CCO)CCOC3)c[nH]c12. The first-order valence-corrected chi connectivity index (χ1v) is 9.92. The molecule has 3 rings (SSSR count). The third-order valence-corrected chi connectivity index (χ3v) is 5.64. The fourth-order valence-corrected chi connectivity index (χ4v) is 3.90. The number of nitrogens with zero attached hydrogens (tertiary/aromatic N) is 1. The maximum Gasteiger partial charge on any atom is 0.191 e. The van der Waals surface area contributed by atoms with E-state index in [-0.39, 0.29) is 12.0 Å². The first-order valence-electron chi connectivity index (χ1n) is 9.92. The van der Waals surface area contributed by atoms with Gasteiger partial charge < -0.3 is 25.5 Å². The maximum atomic E-state index is 9.35. The number of para-hydroxylation sites is 1. The van der Waals surface area contributed by atoms with Crippen molar-refractivity contribution in [2.75, 3.05) is 40.0 Å². The summed E-state index contributed by atoms with van der Waals surface area (Å²) in [6.45, 7) is 5.43. The van der Waals surface area contributed by atoms with Gasteiger partial charge in [-0.05, 0) is 36.8 Å². The normalized spacial score (nSPS) is 20.3. The van der Waals surface area contributed by atoms with Gasteiger partial charge in [0.25, 0.3) is 0 Å². The van der Waals surface area contributed by atoms with Crippen LogP contribution >= 0.6 is 0 Å². The molecule has 4 N–H and O–H groups in total. The molecule has 0 aliphatic carbocycles. The maximum absolute atomic E-state index is 9.35. The Bertz CT molecular complexity index is 763. The van der Waals surface area contributed by atoms with E-state index >= 15 is 0 Å². The van der Waals surface area contributed by atoms with E-state index in [2.05, 4.69) is 51.9 Å². The number of hydrogen-bond acceptors (Lipinski definition) is 3. The molecule has 1 unspecified atom stereocenters. The van der Waals surface area contributed by atoms with Crippen molar-refractivity contribution in [1.29, 1.82) is 0 Å². The van der Waals surface area contributed by atoms with E-state index in [1.54, 1.807) is 7.05 Å². The van der Waals surface area contributed by atoms with Gasteiger partial charge >= 0.3 is 0 Å². The summed E-state index contributed by atoms with van der Waals surface area (Å²) in [7, 11) is 1.79. The molecule has 1 fully saturated rings. The summed E-state index contributed by atoms with van der Waals surface area (Å²) in [6, 6.07) is 6.50. The molecule has 0 spiro atoms. The lowest BCUT2D eigenvalue weighted by Gasteiger charge is -2.27. The summed E-state index contributed by atoms with van der Waals surface area (Å²) in [6.07, 6.45) is 5.82. The van der Waals surface area contributed by atoms with E-state index in [9.17, 15) is 5.11 Å². The fraction of sp³-hybridized carbons (Fsp3) is 0.571. The lowest BCUT2D eigenvalue weighted by molar-refractivity contribution is 0.127. The first-order chi connectivity index (χ1) is 13.2. The Hall–Kier alpha value is -2.05. The number of aryl methyl sites for hydroxylation is 1. The van der Waals surface area contributed by atoms with Gasteiger partial charge in [-0.1, -0.05) is 25.1 Å². The number of ether oxygens (including phenoxy) is 1. The monoisotopic (exact) mass is 372 g/mol. The average Bonchev–Trinajstić information content (AvgIpc) is 3.32. The Morgan fingerprint density at radius 1 is 1.33 bits per heavy atom. The van der Waals surface area contributed by atoms with Crippen LogP contribution in [0.25, 0.3) is 10.9 Å². The lowest BCUT2D eigenvalue weighted by Crippen LogP contribution is -2.45. The molecule has 0 radical (unpaired) electrons. The Kier molecular flexibility index (Phi) is 6.74. The highest BCUT2D eigenvalue weighted by atomic mass is 16.5. The molecule has 2 aromatic rings. The highest BCUT2D eigenvalue weighted by molar-refractivity contribution is 5.86. The third-order valence-electron chi connectivity index (χ3n) is 5.64. The molecule has 1 aromatic heterocycles. The smallest absolute Gasteiger partial charge is 0.191 e. The first kappa shape index (κ1) is 19.7. The molecule has 6 heteroatoms. The Labute approximate surface area is 161 Å². The van der Waals surface area contributed by atoms with Crippen molar-refractivity contribution >= 4 is 16.9 Å². The van der Waals surface area contributed by atoms with Crippen LogP contribution in [0.3, 0.4) is 0 Å². The van der Waals surface area contributed by atoms with Gasteiger partial charge in [0.15, 0.2) is 5.96 Å². The van der Waals surface area contributed by atoms with Gasteiger partial charge in [-0.25, -0.2) is 0 Å². The van der Waals surface area contributed by atoms with Crippen molar-refractivity contribution in [3.05, 3.63) is 35.5 Å². The number of H-pyrrole nitrogens is 1. The predicted octanol–water partition coefficient (Wildman–Crippen LogP) is 2.23. The molecule has 2 heterocycles. The zero-order valence-electron chi connectivity index (χ0n) is 16.5. The van der Waals surface area contributed by atoms with Crippen LogP contribution in [0.1, 0.15) is 30.9 Å². The number of aromatic nitrogens is 1. The van der Waals surface area contributed by atoms with Crippen LogP contribution in [-0.4, -0.2) is 56.0 Å². The van der Waals surface area contributed by atoms with Gasteiger partial charge in [-0.3, -0.25) is 4.99 Å². The number of fused-ring (bicyclic) bond motifs is 1. The minimum atomic E-state index is 0.0137. The summed E-state index contributed by atoms with van der Waals surface area (Å²) < 4.78 is 5.55. The summed E-state index contributed by atoms with van der Waals surface area (Å²) in [4.78, 5) is 7.76. The van der Waals surface area contributed by atoms with Crippen molar-refractivity contribution in [1.82, 2.24) is 15.6 Å². The van der Waals surface area contributed by atoms with Gasteiger partial charge in [0, 0.05) is 55.9 Å². The van der Waals surface area contributed by atoms with E-state index in [0.29, 0.717) is 6.61 Å². The van der Waals surface area contributed by atoms with Gasteiger partial charge in [-0.15, -0.1) is 0 Å². The predicted molar refractivity (Wildman–Crippen MR) is 110 cm³/mol. The highest BCUT2D eigenvalue weighted by Crippen LogP contribution is 2.31. The van der Waals surface area contributed by atoms with Gasteiger partial charge in [-0.2, -0.15) is 0 Å². The van der Waals surface area contributed by atoms with Gasteiger partial charge in [0.2, 0.25) is 0 Å². The van der Waals surface area contributed by atoms with E-state index in [1.165, 1.54) is 22.0 Å². The lowest BCUT2D eigenvalue weighted by atomic mass is 9.84.